The van der Waals surface area contributed by atoms with Crippen LogP contribution in [0.15, 0.2) is 4.47 Å². The zero-order chi connectivity index (χ0) is 8.97. The molecule has 0 fully saturated rings. The highest BCUT2D eigenvalue weighted by atomic mass is 79.9. The summed E-state index contributed by atoms with van der Waals surface area (Å²) in [6.45, 7) is 5.12. The lowest BCUT2D eigenvalue weighted by Gasteiger charge is -1.99. The first-order chi connectivity index (χ1) is 5.79. The number of hydrogen-bond donors (Lipinski definition) is 0. The first-order valence-electron chi connectivity index (χ1n) is 3.70. The number of rotatable bonds is 4. The fraction of sp³-hybridized carbons (Fsp3) is 0.571. The molecule has 0 radical (unpaired) electrons. The first kappa shape index (κ1) is 9.80. The van der Waals surface area contributed by atoms with Gasteiger partial charge >= 0.3 is 0 Å². The van der Waals surface area contributed by atoms with Gasteiger partial charge in [-0.15, -0.1) is 0 Å². The zero-order valence-corrected chi connectivity index (χ0v) is 9.37. The third kappa shape index (κ3) is 2.10. The molecule has 0 bridgehead atoms. The molecule has 0 aliphatic carbocycles. The van der Waals surface area contributed by atoms with Crippen LogP contribution in [0.3, 0.4) is 0 Å². The Balaban J connectivity index is 2.74. The van der Waals surface area contributed by atoms with E-state index in [-0.39, 0.29) is 0 Å². The summed E-state index contributed by atoms with van der Waals surface area (Å²) in [5.74, 6) is 0.617. The average Bonchev–Trinajstić information content (AvgIpc) is 2.38. The Morgan fingerprint density at radius 1 is 1.33 bits per heavy atom. The van der Waals surface area contributed by atoms with Gasteiger partial charge in [-0.25, -0.2) is 0 Å². The SMILES string of the molecule is CCOc1nsc(OCC)c1Br. The molecule has 0 spiro atoms. The topological polar surface area (TPSA) is 31.4 Å². The molecule has 5 heteroatoms. The van der Waals surface area contributed by atoms with Gasteiger partial charge in [-0.05, 0) is 29.8 Å². The number of nitrogens with zero attached hydrogens (tertiary/aromatic N) is 1. The van der Waals surface area contributed by atoms with Crippen molar-refractivity contribution in [2.75, 3.05) is 13.2 Å². The molecule has 0 N–H and O–H groups in total. The molecule has 0 aliphatic heterocycles. The van der Waals surface area contributed by atoms with Crippen molar-refractivity contribution in [3.8, 4) is 10.9 Å². The van der Waals surface area contributed by atoms with Gasteiger partial charge in [-0.3, -0.25) is 0 Å². The van der Waals surface area contributed by atoms with Crippen molar-refractivity contribution in [1.29, 1.82) is 0 Å². The van der Waals surface area contributed by atoms with Gasteiger partial charge in [0.2, 0.25) is 10.9 Å². The molecule has 3 nitrogen and oxygen atoms in total. The molecule has 0 saturated heterocycles. The first-order valence-corrected chi connectivity index (χ1v) is 5.27. The smallest absolute Gasteiger partial charge is 0.243 e. The third-order valence-corrected chi connectivity index (χ3v) is 2.84. The Bertz CT molecular complexity index is 228. The monoisotopic (exact) mass is 251 g/mol. The lowest BCUT2D eigenvalue weighted by molar-refractivity contribution is 0.321. The van der Waals surface area contributed by atoms with Gasteiger partial charge in [0.1, 0.15) is 4.47 Å². The van der Waals surface area contributed by atoms with Crippen LogP contribution < -0.4 is 9.47 Å². The second-order valence-electron chi connectivity index (χ2n) is 1.96. The zero-order valence-electron chi connectivity index (χ0n) is 6.96. The van der Waals surface area contributed by atoms with Gasteiger partial charge < -0.3 is 9.47 Å². The molecule has 1 aromatic heterocycles. The molecule has 0 atom stereocenters. The van der Waals surface area contributed by atoms with E-state index in [4.69, 9.17) is 9.47 Å². The summed E-state index contributed by atoms with van der Waals surface area (Å²) in [4.78, 5) is 0. The highest BCUT2D eigenvalue weighted by Crippen LogP contribution is 2.37. The molecule has 12 heavy (non-hydrogen) atoms. The summed E-state index contributed by atoms with van der Waals surface area (Å²) in [6.07, 6.45) is 0. The summed E-state index contributed by atoms with van der Waals surface area (Å²) in [7, 11) is 0. The Kier molecular flexibility index (Phi) is 3.81. The van der Waals surface area contributed by atoms with E-state index in [2.05, 4.69) is 20.3 Å². The standard InChI is InChI=1S/C7H10BrNO2S/c1-3-10-6-5(8)7(11-4-2)12-9-6/h3-4H2,1-2H3. The van der Waals surface area contributed by atoms with E-state index in [0.717, 1.165) is 9.54 Å². The normalized spacial score (nSPS) is 9.92. The van der Waals surface area contributed by atoms with Crippen molar-refractivity contribution in [3.05, 3.63) is 4.47 Å². The molecule has 1 heterocycles. The van der Waals surface area contributed by atoms with Crippen LogP contribution in [0.4, 0.5) is 0 Å². The van der Waals surface area contributed by atoms with Gasteiger partial charge in [0.25, 0.3) is 0 Å². The second-order valence-corrected chi connectivity index (χ2v) is 3.48. The molecule has 0 aliphatic rings. The molecule has 1 rings (SSSR count). The third-order valence-electron chi connectivity index (χ3n) is 1.13. The highest BCUT2D eigenvalue weighted by molar-refractivity contribution is 9.10. The van der Waals surface area contributed by atoms with Crippen LogP contribution in [-0.4, -0.2) is 17.6 Å². The number of halogens is 1. The van der Waals surface area contributed by atoms with Crippen molar-refractivity contribution >= 4 is 27.5 Å². The van der Waals surface area contributed by atoms with Gasteiger partial charge in [0.15, 0.2) is 0 Å². The summed E-state index contributed by atoms with van der Waals surface area (Å²) in [6, 6.07) is 0. The van der Waals surface area contributed by atoms with Crippen molar-refractivity contribution in [3.63, 3.8) is 0 Å². The van der Waals surface area contributed by atoms with Gasteiger partial charge in [0, 0.05) is 11.5 Å². The Hall–Kier alpha value is -0.290. The minimum Gasteiger partial charge on any atom is -0.482 e. The molecule has 0 saturated carbocycles. The Morgan fingerprint density at radius 2 is 2.00 bits per heavy atom. The lowest BCUT2D eigenvalue weighted by Crippen LogP contribution is -1.92. The molecular weight excluding hydrogens is 242 g/mol. The second kappa shape index (κ2) is 4.67. The van der Waals surface area contributed by atoms with E-state index in [1.165, 1.54) is 11.5 Å². The van der Waals surface area contributed by atoms with E-state index in [1.54, 1.807) is 0 Å². The van der Waals surface area contributed by atoms with Crippen LogP contribution in [0.25, 0.3) is 0 Å². The molecular formula is C7H10BrNO2S. The van der Waals surface area contributed by atoms with Crippen molar-refractivity contribution < 1.29 is 9.47 Å². The van der Waals surface area contributed by atoms with Gasteiger partial charge in [-0.2, -0.15) is 4.37 Å². The van der Waals surface area contributed by atoms with E-state index >= 15 is 0 Å². The Morgan fingerprint density at radius 3 is 2.58 bits per heavy atom. The molecule has 0 aromatic carbocycles. The minimum atomic E-state index is 0.617. The predicted octanol–water partition coefficient (Wildman–Crippen LogP) is 2.70. The molecule has 0 amide bonds. The number of aromatic nitrogens is 1. The maximum absolute atomic E-state index is 5.29. The van der Waals surface area contributed by atoms with Crippen LogP contribution in [0.2, 0.25) is 0 Å². The molecule has 68 valence electrons. The van der Waals surface area contributed by atoms with E-state index in [0.29, 0.717) is 19.1 Å². The minimum absolute atomic E-state index is 0.617. The molecule has 1 aromatic rings. The quantitative estimate of drug-likeness (QED) is 0.825. The molecule has 0 unspecified atom stereocenters. The van der Waals surface area contributed by atoms with Crippen molar-refractivity contribution in [2.45, 2.75) is 13.8 Å². The summed E-state index contributed by atoms with van der Waals surface area (Å²) >= 11 is 4.65. The van der Waals surface area contributed by atoms with Gasteiger partial charge in [-0.1, -0.05) is 0 Å². The van der Waals surface area contributed by atoms with Crippen molar-refractivity contribution in [1.82, 2.24) is 4.37 Å². The Labute approximate surface area is 84.0 Å². The predicted molar refractivity (Wildman–Crippen MR) is 52.2 cm³/mol. The highest BCUT2D eigenvalue weighted by Gasteiger charge is 2.12. The average molecular weight is 252 g/mol. The lowest BCUT2D eigenvalue weighted by atomic mass is 10.6. The van der Waals surface area contributed by atoms with Gasteiger partial charge in [0.05, 0.1) is 13.2 Å². The fourth-order valence-electron chi connectivity index (χ4n) is 0.698. The van der Waals surface area contributed by atoms with E-state index in [1.807, 2.05) is 13.8 Å². The fourth-order valence-corrected chi connectivity index (χ4v) is 2.00. The van der Waals surface area contributed by atoms with Crippen LogP contribution in [0.5, 0.6) is 10.9 Å². The van der Waals surface area contributed by atoms with Crippen molar-refractivity contribution in [2.24, 2.45) is 0 Å². The van der Waals surface area contributed by atoms with Crippen LogP contribution in [0, 0.1) is 0 Å². The number of ether oxygens (including phenoxy) is 2. The number of hydrogen-bond acceptors (Lipinski definition) is 4. The van der Waals surface area contributed by atoms with Crippen LogP contribution >= 0.6 is 27.5 Å². The largest absolute Gasteiger partial charge is 0.482 e. The summed E-state index contributed by atoms with van der Waals surface area (Å²) in [5, 5.41) is 0.779. The summed E-state index contributed by atoms with van der Waals surface area (Å²) in [5.41, 5.74) is 0. The van der Waals surface area contributed by atoms with E-state index < -0.39 is 0 Å². The van der Waals surface area contributed by atoms with Crippen LogP contribution in [-0.2, 0) is 0 Å². The maximum Gasteiger partial charge on any atom is 0.243 e. The van der Waals surface area contributed by atoms with Crippen LogP contribution in [0.1, 0.15) is 13.8 Å². The maximum atomic E-state index is 5.29. The van der Waals surface area contributed by atoms with E-state index in [9.17, 15) is 0 Å². The summed E-state index contributed by atoms with van der Waals surface area (Å²) < 4.78 is 15.4.